The van der Waals surface area contributed by atoms with Crippen LogP contribution in [-0.4, -0.2) is 24.5 Å². The summed E-state index contributed by atoms with van der Waals surface area (Å²) in [5.74, 6) is 0. The van der Waals surface area contributed by atoms with Crippen LogP contribution >= 0.6 is 0 Å². The minimum atomic E-state index is 0.673. The molecule has 1 aliphatic carbocycles. The molecule has 0 aromatic heterocycles. The molecular weight excluding hydrogens is 184 g/mol. The van der Waals surface area contributed by atoms with Crippen LogP contribution in [0.15, 0.2) is 18.2 Å². The van der Waals surface area contributed by atoms with Crippen LogP contribution in [0.5, 0.6) is 0 Å². The van der Waals surface area contributed by atoms with Gasteiger partial charge in [0, 0.05) is 11.7 Å². The van der Waals surface area contributed by atoms with Gasteiger partial charge in [-0.15, -0.1) is 0 Å². The molecule has 2 N–H and O–H groups in total. The predicted octanol–water partition coefficient (Wildman–Crippen LogP) is 2.08. The summed E-state index contributed by atoms with van der Waals surface area (Å²) in [4.78, 5) is 2.43. The fourth-order valence-corrected chi connectivity index (χ4v) is 2.43. The van der Waals surface area contributed by atoms with E-state index in [1.54, 1.807) is 0 Å². The molecule has 2 nitrogen and oxygen atoms in total. The van der Waals surface area contributed by atoms with E-state index < -0.39 is 0 Å². The summed E-state index contributed by atoms with van der Waals surface area (Å²) in [5, 5.41) is 0. The summed E-state index contributed by atoms with van der Waals surface area (Å²) < 4.78 is 0. The number of likely N-dealkylation sites (N-methyl/N-ethyl adjacent to an activating group) is 1. The Bertz CT molecular complexity index is 346. The van der Waals surface area contributed by atoms with Gasteiger partial charge in [-0.1, -0.05) is 19.1 Å². The number of aryl methyl sites for hydroxylation is 1. The molecule has 82 valence electrons. The third-order valence-corrected chi connectivity index (χ3v) is 3.62. The van der Waals surface area contributed by atoms with Crippen molar-refractivity contribution < 1.29 is 0 Å². The van der Waals surface area contributed by atoms with Gasteiger partial charge in [0.2, 0.25) is 0 Å². The van der Waals surface area contributed by atoms with Crippen molar-refractivity contribution in [2.75, 3.05) is 19.3 Å². The van der Waals surface area contributed by atoms with E-state index in [2.05, 4.69) is 31.0 Å². The molecule has 0 aliphatic heterocycles. The quantitative estimate of drug-likeness (QED) is 0.747. The van der Waals surface area contributed by atoms with E-state index in [1.165, 1.54) is 24.0 Å². The molecule has 0 fully saturated rings. The van der Waals surface area contributed by atoms with Gasteiger partial charge in [-0.3, -0.25) is 0 Å². The van der Waals surface area contributed by atoms with E-state index in [-0.39, 0.29) is 0 Å². The van der Waals surface area contributed by atoms with Crippen molar-refractivity contribution in [2.45, 2.75) is 32.2 Å². The van der Waals surface area contributed by atoms with Crippen LogP contribution in [0.3, 0.4) is 0 Å². The van der Waals surface area contributed by atoms with Crippen molar-refractivity contribution in [3.8, 4) is 0 Å². The van der Waals surface area contributed by atoms with Crippen LogP contribution < -0.4 is 5.73 Å². The average Bonchev–Trinajstić information content (AvgIpc) is 2.28. The fourth-order valence-electron chi connectivity index (χ4n) is 2.43. The number of benzene rings is 1. The van der Waals surface area contributed by atoms with Gasteiger partial charge in [0.1, 0.15) is 0 Å². The highest BCUT2D eigenvalue weighted by Gasteiger charge is 2.22. The number of rotatable bonds is 2. The highest BCUT2D eigenvalue weighted by atomic mass is 15.1. The third kappa shape index (κ3) is 2.00. The van der Waals surface area contributed by atoms with E-state index in [0.29, 0.717) is 6.04 Å². The summed E-state index contributed by atoms with van der Waals surface area (Å²) in [5.41, 5.74) is 9.84. The second kappa shape index (κ2) is 4.23. The molecule has 0 spiro atoms. The summed E-state index contributed by atoms with van der Waals surface area (Å²) in [6, 6.07) is 6.98. The fraction of sp³-hybridized carbons (Fsp3) is 0.538. The molecule has 2 rings (SSSR count). The molecule has 1 atom stereocenters. The van der Waals surface area contributed by atoms with Gasteiger partial charge < -0.3 is 10.6 Å². The van der Waals surface area contributed by atoms with Gasteiger partial charge in [-0.25, -0.2) is 0 Å². The summed E-state index contributed by atoms with van der Waals surface area (Å²) in [6.07, 6.45) is 3.56. The van der Waals surface area contributed by atoms with Crippen molar-refractivity contribution in [3.63, 3.8) is 0 Å². The van der Waals surface area contributed by atoms with Gasteiger partial charge in [-0.05, 0) is 50.0 Å². The van der Waals surface area contributed by atoms with Gasteiger partial charge in [0.25, 0.3) is 0 Å². The molecule has 1 aliphatic rings. The monoisotopic (exact) mass is 204 g/mol. The van der Waals surface area contributed by atoms with Crippen LogP contribution in [0.25, 0.3) is 0 Å². The minimum Gasteiger partial charge on any atom is -0.398 e. The molecule has 0 heterocycles. The first-order valence-corrected chi connectivity index (χ1v) is 5.79. The van der Waals surface area contributed by atoms with E-state index in [4.69, 9.17) is 5.73 Å². The Morgan fingerprint density at radius 2 is 2.27 bits per heavy atom. The number of anilines is 1. The first kappa shape index (κ1) is 10.5. The molecule has 0 saturated heterocycles. The summed E-state index contributed by atoms with van der Waals surface area (Å²) in [7, 11) is 2.20. The molecule has 0 radical (unpaired) electrons. The Kier molecular flexibility index (Phi) is 2.96. The molecule has 1 unspecified atom stereocenters. The second-order valence-electron chi connectivity index (χ2n) is 4.45. The van der Waals surface area contributed by atoms with Crippen molar-refractivity contribution in [1.82, 2.24) is 4.90 Å². The molecule has 1 aromatic carbocycles. The summed E-state index contributed by atoms with van der Waals surface area (Å²) >= 11 is 0. The lowest BCUT2D eigenvalue weighted by Crippen LogP contribution is -2.36. The Morgan fingerprint density at radius 1 is 1.47 bits per heavy atom. The van der Waals surface area contributed by atoms with Gasteiger partial charge in [0.05, 0.1) is 0 Å². The molecule has 2 heteroatoms. The van der Waals surface area contributed by atoms with Crippen LogP contribution in [0, 0.1) is 0 Å². The van der Waals surface area contributed by atoms with E-state index in [0.717, 1.165) is 18.7 Å². The Labute approximate surface area is 92.1 Å². The summed E-state index contributed by atoms with van der Waals surface area (Å²) in [6.45, 7) is 3.33. The molecule has 0 bridgehead atoms. The van der Waals surface area contributed by atoms with Crippen LogP contribution in [0.4, 0.5) is 5.69 Å². The van der Waals surface area contributed by atoms with Crippen LogP contribution in [0.1, 0.15) is 24.5 Å². The lowest BCUT2D eigenvalue weighted by atomic mass is 9.86. The largest absolute Gasteiger partial charge is 0.398 e. The van der Waals surface area contributed by atoms with Gasteiger partial charge in [0.15, 0.2) is 0 Å². The lowest BCUT2D eigenvalue weighted by molar-refractivity contribution is 0.233. The third-order valence-electron chi connectivity index (χ3n) is 3.62. The minimum absolute atomic E-state index is 0.673. The van der Waals surface area contributed by atoms with Gasteiger partial charge in [-0.2, -0.15) is 0 Å². The van der Waals surface area contributed by atoms with Crippen LogP contribution in [0.2, 0.25) is 0 Å². The maximum absolute atomic E-state index is 6.03. The SMILES string of the molecule is CCN(C)C1CCc2cccc(N)c2C1. The highest BCUT2D eigenvalue weighted by Crippen LogP contribution is 2.27. The van der Waals surface area contributed by atoms with Crippen molar-refractivity contribution in [2.24, 2.45) is 0 Å². The van der Waals surface area contributed by atoms with E-state index >= 15 is 0 Å². The highest BCUT2D eigenvalue weighted by molar-refractivity contribution is 5.52. The average molecular weight is 204 g/mol. The first-order valence-electron chi connectivity index (χ1n) is 5.79. The maximum Gasteiger partial charge on any atom is 0.0349 e. The molecule has 0 amide bonds. The number of nitrogens with two attached hydrogens (primary N) is 1. The zero-order valence-corrected chi connectivity index (χ0v) is 9.66. The van der Waals surface area contributed by atoms with E-state index in [1.807, 2.05) is 6.07 Å². The number of hydrogen-bond acceptors (Lipinski definition) is 2. The van der Waals surface area contributed by atoms with Crippen molar-refractivity contribution in [1.29, 1.82) is 0 Å². The smallest absolute Gasteiger partial charge is 0.0349 e. The Hall–Kier alpha value is -1.02. The predicted molar refractivity (Wildman–Crippen MR) is 65.0 cm³/mol. The molecule has 1 aromatic rings. The Morgan fingerprint density at radius 3 is 3.00 bits per heavy atom. The standard InChI is InChI=1S/C13H20N2/c1-3-15(2)11-8-7-10-5-4-6-13(14)12(10)9-11/h4-6,11H,3,7-9,14H2,1-2H3. The zero-order chi connectivity index (χ0) is 10.8. The molecule has 0 saturated carbocycles. The van der Waals surface area contributed by atoms with Crippen molar-refractivity contribution in [3.05, 3.63) is 29.3 Å². The second-order valence-corrected chi connectivity index (χ2v) is 4.45. The van der Waals surface area contributed by atoms with E-state index in [9.17, 15) is 0 Å². The lowest BCUT2D eigenvalue weighted by Gasteiger charge is -2.32. The first-order chi connectivity index (χ1) is 7.22. The zero-order valence-electron chi connectivity index (χ0n) is 9.66. The normalized spacial score (nSPS) is 20.3. The van der Waals surface area contributed by atoms with Crippen molar-refractivity contribution >= 4 is 5.69 Å². The molecule has 15 heavy (non-hydrogen) atoms. The number of nitrogens with zero attached hydrogens (tertiary/aromatic N) is 1. The van der Waals surface area contributed by atoms with Crippen LogP contribution in [-0.2, 0) is 12.8 Å². The number of hydrogen-bond donors (Lipinski definition) is 1. The topological polar surface area (TPSA) is 29.3 Å². The number of fused-ring (bicyclic) bond motifs is 1. The maximum atomic E-state index is 6.03. The van der Waals surface area contributed by atoms with Gasteiger partial charge >= 0.3 is 0 Å². The molecular formula is C13H20N2. The Balaban J connectivity index is 2.22. The number of nitrogen functional groups attached to an aromatic ring is 1.